The van der Waals surface area contributed by atoms with Crippen LogP contribution < -0.4 is 4.74 Å². The maximum atomic E-state index is 10.2. The second kappa shape index (κ2) is 6.61. The van der Waals surface area contributed by atoms with Gasteiger partial charge in [0.1, 0.15) is 0 Å². The molecular formula is C22H18BrNO2. The number of phenolic OH excluding ortho intramolecular Hbond substituents is 1. The van der Waals surface area contributed by atoms with E-state index in [4.69, 9.17) is 9.72 Å². The van der Waals surface area contributed by atoms with Crippen molar-refractivity contribution in [3.63, 3.8) is 0 Å². The van der Waals surface area contributed by atoms with Crippen molar-refractivity contribution in [1.29, 1.82) is 0 Å². The van der Waals surface area contributed by atoms with Crippen molar-refractivity contribution in [2.45, 2.75) is 13.8 Å². The van der Waals surface area contributed by atoms with Crippen LogP contribution in [0.2, 0.25) is 0 Å². The van der Waals surface area contributed by atoms with Gasteiger partial charge < -0.3 is 9.84 Å². The molecule has 0 fully saturated rings. The fraction of sp³-hybridized carbons (Fsp3) is 0.136. The number of ether oxygens (including phenoxy) is 1. The predicted octanol–water partition coefficient (Wildman–Crippen LogP) is 6.23. The molecule has 130 valence electrons. The monoisotopic (exact) mass is 407 g/mol. The fourth-order valence-electron chi connectivity index (χ4n) is 3.34. The van der Waals surface area contributed by atoms with Crippen LogP contribution in [0.3, 0.4) is 0 Å². The lowest BCUT2D eigenvalue weighted by molar-refractivity contribution is 0.317. The number of pyridine rings is 1. The highest BCUT2D eigenvalue weighted by molar-refractivity contribution is 9.10. The lowest BCUT2D eigenvalue weighted by Crippen LogP contribution is -1.94. The van der Waals surface area contributed by atoms with Gasteiger partial charge in [0.05, 0.1) is 22.3 Å². The zero-order chi connectivity index (χ0) is 18.3. The van der Waals surface area contributed by atoms with E-state index in [0.717, 1.165) is 16.8 Å². The number of rotatable bonds is 3. The smallest absolute Gasteiger partial charge is 0.172 e. The number of halogens is 1. The summed E-state index contributed by atoms with van der Waals surface area (Å²) in [5.41, 5.74) is 3.88. The molecule has 4 rings (SSSR count). The minimum absolute atomic E-state index is 0.110. The van der Waals surface area contributed by atoms with Gasteiger partial charge in [-0.2, -0.15) is 0 Å². The van der Waals surface area contributed by atoms with Crippen molar-refractivity contribution in [2.75, 3.05) is 6.61 Å². The van der Waals surface area contributed by atoms with Crippen LogP contribution in [0.15, 0.2) is 59.1 Å². The number of aromatic nitrogens is 1. The number of nitrogens with zero attached hydrogens (tertiary/aromatic N) is 1. The Morgan fingerprint density at radius 2 is 1.88 bits per heavy atom. The van der Waals surface area contributed by atoms with Gasteiger partial charge >= 0.3 is 0 Å². The molecule has 3 nitrogen and oxygen atoms in total. The molecule has 0 unspecified atom stereocenters. The van der Waals surface area contributed by atoms with Crippen molar-refractivity contribution >= 4 is 37.6 Å². The normalized spacial score (nSPS) is 11.2. The second-order valence-electron chi connectivity index (χ2n) is 6.24. The minimum atomic E-state index is 0.110. The highest BCUT2D eigenvalue weighted by Crippen LogP contribution is 2.39. The molecule has 1 N–H and O–H groups in total. The third-order valence-electron chi connectivity index (χ3n) is 4.52. The van der Waals surface area contributed by atoms with E-state index < -0.39 is 0 Å². The number of hydrogen-bond acceptors (Lipinski definition) is 3. The van der Waals surface area contributed by atoms with Crippen LogP contribution in [0, 0.1) is 6.92 Å². The van der Waals surface area contributed by atoms with E-state index in [9.17, 15) is 5.11 Å². The maximum Gasteiger partial charge on any atom is 0.172 e. The zero-order valence-electron chi connectivity index (χ0n) is 14.6. The minimum Gasteiger partial charge on any atom is -0.503 e. The van der Waals surface area contributed by atoms with E-state index in [0.29, 0.717) is 16.8 Å². The van der Waals surface area contributed by atoms with E-state index >= 15 is 0 Å². The summed E-state index contributed by atoms with van der Waals surface area (Å²) >= 11 is 3.41. The van der Waals surface area contributed by atoms with E-state index in [1.54, 1.807) is 0 Å². The van der Waals surface area contributed by atoms with Crippen molar-refractivity contribution < 1.29 is 9.84 Å². The van der Waals surface area contributed by atoms with E-state index in [2.05, 4.69) is 65.3 Å². The Morgan fingerprint density at radius 3 is 2.69 bits per heavy atom. The molecule has 4 heteroatoms. The molecule has 0 aliphatic rings. The first kappa shape index (κ1) is 16.9. The van der Waals surface area contributed by atoms with Crippen LogP contribution in [-0.4, -0.2) is 16.7 Å². The summed E-state index contributed by atoms with van der Waals surface area (Å²) in [7, 11) is 0. The Bertz CT molecular complexity index is 1140. The van der Waals surface area contributed by atoms with E-state index in [-0.39, 0.29) is 5.75 Å². The Kier molecular flexibility index (Phi) is 4.29. The first-order valence-electron chi connectivity index (χ1n) is 8.53. The zero-order valence-corrected chi connectivity index (χ0v) is 16.2. The molecule has 0 saturated heterocycles. The largest absolute Gasteiger partial charge is 0.503 e. The number of phenols is 1. The summed E-state index contributed by atoms with van der Waals surface area (Å²) in [4.78, 5) is 4.87. The Labute approximate surface area is 160 Å². The summed E-state index contributed by atoms with van der Waals surface area (Å²) in [5, 5.41) is 13.8. The van der Waals surface area contributed by atoms with Crippen molar-refractivity contribution in [3.8, 4) is 22.8 Å². The third-order valence-corrected chi connectivity index (χ3v) is 5.12. The Balaban J connectivity index is 1.95. The molecule has 0 aliphatic carbocycles. The molecule has 0 amide bonds. The van der Waals surface area contributed by atoms with Crippen molar-refractivity contribution in [3.05, 3.63) is 64.6 Å². The van der Waals surface area contributed by atoms with Gasteiger partial charge in [-0.25, -0.2) is 4.98 Å². The Morgan fingerprint density at radius 1 is 1.08 bits per heavy atom. The van der Waals surface area contributed by atoms with Gasteiger partial charge in [0.25, 0.3) is 0 Å². The van der Waals surface area contributed by atoms with Crippen molar-refractivity contribution in [1.82, 2.24) is 4.98 Å². The molecule has 1 aromatic heterocycles. The van der Waals surface area contributed by atoms with Crippen molar-refractivity contribution in [2.24, 2.45) is 0 Å². The number of hydrogen-bond donors (Lipinski definition) is 1. The SMILES string of the molecule is CCOc1cc(-c2cc(C)c3c(ccc4ccccc43)n2)cc(Br)c1O. The summed E-state index contributed by atoms with van der Waals surface area (Å²) in [6, 6.07) is 18.3. The summed E-state index contributed by atoms with van der Waals surface area (Å²) in [6.45, 7) is 4.49. The molecule has 0 bridgehead atoms. The molecule has 3 aromatic carbocycles. The second-order valence-corrected chi connectivity index (χ2v) is 7.10. The topological polar surface area (TPSA) is 42.4 Å². The average Bonchev–Trinajstić information content (AvgIpc) is 2.65. The molecule has 0 atom stereocenters. The van der Waals surface area contributed by atoms with Crippen LogP contribution in [0.5, 0.6) is 11.5 Å². The van der Waals surface area contributed by atoms with Crippen LogP contribution in [-0.2, 0) is 0 Å². The quantitative estimate of drug-likeness (QED) is 0.409. The van der Waals surface area contributed by atoms with Crippen LogP contribution >= 0.6 is 15.9 Å². The van der Waals surface area contributed by atoms with Gasteiger partial charge in [-0.05, 0) is 70.4 Å². The standard InChI is InChI=1S/C22H18BrNO2/c1-3-26-20-12-15(11-17(23)22(20)25)19-10-13(2)21-16-7-5-4-6-14(16)8-9-18(21)24-19/h4-12,25H,3H2,1-2H3. The number of aryl methyl sites for hydroxylation is 1. The molecule has 0 radical (unpaired) electrons. The highest BCUT2D eigenvalue weighted by Gasteiger charge is 2.13. The first-order chi connectivity index (χ1) is 12.6. The van der Waals surface area contributed by atoms with Gasteiger partial charge in [-0.3, -0.25) is 0 Å². The maximum absolute atomic E-state index is 10.2. The predicted molar refractivity (Wildman–Crippen MR) is 110 cm³/mol. The molecule has 26 heavy (non-hydrogen) atoms. The van der Waals surface area contributed by atoms with Gasteiger partial charge in [0, 0.05) is 10.9 Å². The van der Waals surface area contributed by atoms with E-state index in [1.165, 1.54) is 21.7 Å². The summed E-state index contributed by atoms with van der Waals surface area (Å²) in [5.74, 6) is 0.564. The third kappa shape index (κ3) is 2.80. The molecule has 1 heterocycles. The number of fused-ring (bicyclic) bond motifs is 3. The van der Waals surface area contributed by atoms with Gasteiger partial charge in [-0.1, -0.05) is 30.3 Å². The van der Waals surface area contributed by atoms with Crippen LogP contribution in [0.25, 0.3) is 32.9 Å². The highest BCUT2D eigenvalue weighted by atomic mass is 79.9. The van der Waals surface area contributed by atoms with Crippen LogP contribution in [0.1, 0.15) is 12.5 Å². The average molecular weight is 408 g/mol. The van der Waals surface area contributed by atoms with Crippen LogP contribution in [0.4, 0.5) is 0 Å². The van der Waals surface area contributed by atoms with Gasteiger partial charge in [0.15, 0.2) is 11.5 Å². The Hall–Kier alpha value is -2.59. The molecular weight excluding hydrogens is 390 g/mol. The van der Waals surface area contributed by atoms with E-state index in [1.807, 2.05) is 19.1 Å². The summed E-state index contributed by atoms with van der Waals surface area (Å²) < 4.78 is 6.14. The molecule has 0 spiro atoms. The lowest BCUT2D eigenvalue weighted by atomic mass is 9.99. The lowest BCUT2D eigenvalue weighted by Gasteiger charge is -2.12. The molecule has 0 aliphatic heterocycles. The number of aromatic hydroxyl groups is 1. The first-order valence-corrected chi connectivity index (χ1v) is 9.32. The molecule has 4 aromatic rings. The van der Waals surface area contributed by atoms with Gasteiger partial charge in [0.2, 0.25) is 0 Å². The fourth-order valence-corrected chi connectivity index (χ4v) is 3.78. The summed E-state index contributed by atoms with van der Waals surface area (Å²) in [6.07, 6.45) is 0. The van der Waals surface area contributed by atoms with Gasteiger partial charge in [-0.15, -0.1) is 0 Å². The molecule has 0 saturated carbocycles. The number of benzene rings is 3.